The van der Waals surface area contributed by atoms with Gasteiger partial charge in [-0.3, -0.25) is 0 Å². The molecule has 1 aromatic carbocycles. The van der Waals surface area contributed by atoms with Gasteiger partial charge >= 0.3 is 22.5 Å². The second-order valence-corrected chi connectivity index (χ2v) is 10.1. The first-order valence-electron chi connectivity index (χ1n) is 11.7. The molecule has 0 atom stereocenters. The van der Waals surface area contributed by atoms with Crippen molar-refractivity contribution in [2.75, 3.05) is 33.4 Å². The third-order valence-electron chi connectivity index (χ3n) is 5.02. The van der Waals surface area contributed by atoms with E-state index in [0.717, 1.165) is 12.8 Å². The molecule has 15 heteroatoms. The molecule has 0 aliphatic heterocycles. The number of carboxylic acid groups (broad SMARTS) is 1. The molecule has 1 heterocycles. The van der Waals surface area contributed by atoms with Gasteiger partial charge in [-0.25, -0.2) is 9.78 Å². The van der Waals surface area contributed by atoms with Gasteiger partial charge in [0.2, 0.25) is 5.88 Å². The van der Waals surface area contributed by atoms with Crippen molar-refractivity contribution in [2.45, 2.75) is 32.4 Å². The van der Waals surface area contributed by atoms with E-state index in [1.54, 1.807) is 6.07 Å². The Labute approximate surface area is 229 Å². The van der Waals surface area contributed by atoms with Gasteiger partial charge in [0.05, 0.1) is 18.7 Å². The lowest BCUT2D eigenvalue weighted by Gasteiger charge is -2.18. The summed E-state index contributed by atoms with van der Waals surface area (Å²) in [4.78, 5) is 15.3. The number of rotatable bonds is 15. The average Bonchev–Trinajstić information content (AvgIpc) is 2.86. The molecule has 0 unspecified atom stereocenters. The van der Waals surface area contributed by atoms with Crippen LogP contribution in [0.3, 0.4) is 0 Å². The molecule has 0 aliphatic carbocycles. The molecule has 0 saturated heterocycles. The van der Waals surface area contributed by atoms with Gasteiger partial charge in [0.1, 0.15) is 23.1 Å². The van der Waals surface area contributed by atoms with Crippen LogP contribution in [0, 0.1) is 0 Å². The van der Waals surface area contributed by atoms with Gasteiger partial charge < -0.3 is 19.3 Å². The fourth-order valence-corrected chi connectivity index (χ4v) is 4.29. The van der Waals surface area contributed by atoms with Gasteiger partial charge in [0.15, 0.2) is 0 Å². The zero-order valence-electron chi connectivity index (χ0n) is 21.2. The number of halogens is 4. The van der Waals surface area contributed by atoms with Crippen molar-refractivity contribution in [3.8, 4) is 17.4 Å². The van der Waals surface area contributed by atoms with Crippen LogP contribution in [0.1, 0.15) is 37.3 Å². The predicted octanol–water partition coefficient (Wildman–Crippen LogP) is 5.59. The lowest BCUT2D eigenvalue weighted by Crippen LogP contribution is -2.44. The average molecular weight is 596 g/mol. The van der Waals surface area contributed by atoms with Crippen LogP contribution in [0.25, 0.3) is 6.08 Å². The molecule has 1 aromatic heterocycles. The Bertz CT molecular complexity index is 1240. The van der Waals surface area contributed by atoms with E-state index >= 15 is 0 Å². The van der Waals surface area contributed by atoms with Crippen molar-refractivity contribution in [3.05, 3.63) is 52.7 Å². The first-order valence-corrected chi connectivity index (χ1v) is 13.5. The number of nitrogens with zero attached hydrogens (tertiary/aromatic N) is 2. The standard InChI is InChI=1S/C24H29ClF3N3O7S/c1-3-4-5-10-30-39(34,35)31(23(32)33)11-6-7-17-8-9-19(37-13-12-36-2)15-21(17)38-22-20(25)14-18(16-29-22)24(26,27)28/h6-9,14-16,30H,3-5,10-13H2,1-2H3,(H,32,33). The number of hydrogen-bond acceptors (Lipinski definition) is 7. The molecule has 0 bridgehead atoms. The highest BCUT2D eigenvalue weighted by Crippen LogP contribution is 2.36. The molecule has 0 fully saturated rings. The summed E-state index contributed by atoms with van der Waals surface area (Å²) in [7, 11) is -2.81. The van der Waals surface area contributed by atoms with Crippen LogP contribution in [0.4, 0.5) is 18.0 Å². The van der Waals surface area contributed by atoms with Crippen LogP contribution >= 0.6 is 11.6 Å². The quantitative estimate of drug-likeness (QED) is 0.255. The molecule has 2 aromatic rings. The first-order chi connectivity index (χ1) is 18.4. The Morgan fingerprint density at radius 3 is 2.59 bits per heavy atom. The lowest BCUT2D eigenvalue weighted by molar-refractivity contribution is -0.137. The minimum absolute atomic E-state index is 0.0535. The summed E-state index contributed by atoms with van der Waals surface area (Å²) in [5, 5.41) is 9.03. The number of aromatic nitrogens is 1. The molecule has 0 saturated carbocycles. The summed E-state index contributed by atoms with van der Waals surface area (Å²) in [6.07, 6.45) is -0.912. The summed E-state index contributed by atoms with van der Waals surface area (Å²) in [5.74, 6) is 0.0605. The number of alkyl halides is 3. The van der Waals surface area contributed by atoms with Crippen molar-refractivity contribution < 1.29 is 45.7 Å². The van der Waals surface area contributed by atoms with Gasteiger partial charge in [-0.2, -0.15) is 30.6 Å². The van der Waals surface area contributed by atoms with Crippen LogP contribution in [-0.2, 0) is 21.1 Å². The molecule has 2 rings (SSSR count). The molecule has 39 heavy (non-hydrogen) atoms. The predicted molar refractivity (Wildman–Crippen MR) is 138 cm³/mol. The summed E-state index contributed by atoms with van der Waals surface area (Å²) in [6, 6.07) is 5.17. The van der Waals surface area contributed by atoms with E-state index < -0.39 is 39.6 Å². The van der Waals surface area contributed by atoms with Gasteiger partial charge in [0, 0.05) is 31.5 Å². The molecule has 216 valence electrons. The van der Waals surface area contributed by atoms with Crippen LogP contribution in [0.15, 0.2) is 36.5 Å². The Morgan fingerprint density at radius 2 is 1.97 bits per heavy atom. The fourth-order valence-electron chi connectivity index (χ4n) is 3.04. The highest BCUT2D eigenvalue weighted by Gasteiger charge is 2.32. The number of hydrogen-bond donors (Lipinski definition) is 2. The Morgan fingerprint density at radius 1 is 1.23 bits per heavy atom. The maximum atomic E-state index is 13.0. The number of ether oxygens (including phenoxy) is 3. The fraction of sp³-hybridized carbons (Fsp3) is 0.417. The van der Waals surface area contributed by atoms with Crippen LogP contribution in [-0.4, -0.2) is 62.3 Å². The van der Waals surface area contributed by atoms with Crippen LogP contribution < -0.4 is 14.2 Å². The molecule has 10 nitrogen and oxygen atoms in total. The van der Waals surface area contributed by atoms with E-state index in [9.17, 15) is 31.5 Å². The van der Waals surface area contributed by atoms with Gasteiger partial charge in [-0.15, -0.1) is 0 Å². The Kier molecular flexibility index (Phi) is 12.3. The first kappa shape index (κ1) is 32.1. The van der Waals surface area contributed by atoms with E-state index in [0.29, 0.717) is 30.0 Å². The van der Waals surface area contributed by atoms with Crippen molar-refractivity contribution >= 4 is 34.0 Å². The van der Waals surface area contributed by atoms with Crippen LogP contribution in [0.2, 0.25) is 5.02 Å². The smallest absolute Gasteiger partial charge is 0.422 e. The van der Waals surface area contributed by atoms with E-state index in [2.05, 4.69) is 9.71 Å². The third kappa shape index (κ3) is 10.2. The molecular weight excluding hydrogens is 567 g/mol. The molecular formula is C24H29ClF3N3O7S. The Balaban J connectivity index is 2.31. The number of amides is 1. The van der Waals surface area contributed by atoms with Crippen molar-refractivity contribution in [1.82, 2.24) is 14.0 Å². The van der Waals surface area contributed by atoms with E-state index in [-0.39, 0.29) is 35.7 Å². The summed E-state index contributed by atoms with van der Waals surface area (Å²) >= 11 is 5.97. The maximum Gasteiger partial charge on any atom is 0.422 e. The van der Waals surface area contributed by atoms with E-state index in [1.165, 1.54) is 31.4 Å². The second-order valence-electron chi connectivity index (χ2n) is 7.97. The Hall–Kier alpha value is -3.07. The minimum Gasteiger partial charge on any atom is -0.491 e. The van der Waals surface area contributed by atoms with E-state index in [1.807, 2.05) is 6.92 Å². The van der Waals surface area contributed by atoms with E-state index in [4.69, 9.17) is 25.8 Å². The van der Waals surface area contributed by atoms with Crippen molar-refractivity contribution in [2.24, 2.45) is 0 Å². The largest absolute Gasteiger partial charge is 0.491 e. The molecule has 0 aliphatic rings. The van der Waals surface area contributed by atoms with Crippen molar-refractivity contribution in [3.63, 3.8) is 0 Å². The number of pyridine rings is 1. The minimum atomic E-state index is -4.65. The summed E-state index contributed by atoms with van der Waals surface area (Å²) in [6.45, 7) is 1.99. The van der Waals surface area contributed by atoms with Crippen LogP contribution in [0.5, 0.6) is 17.4 Å². The number of nitrogens with one attached hydrogen (secondary N) is 1. The SMILES string of the molecule is CCCCCNS(=O)(=O)N(CC=Cc1ccc(OCCOC)cc1Oc1ncc(C(F)(F)F)cc1Cl)C(=O)O. The zero-order valence-corrected chi connectivity index (χ0v) is 22.8. The van der Waals surface area contributed by atoms with Gasteiger partial charge in [-0.05, 0) is 24.6 Å². The third-order valence-corrected chi connectivity index (χ3v) is 6.74. The zero-order chi connectivity index (χ0) is 29.1. The molecule has 0 radical (unpaired) electrons. The normalized spacial score (nSPS) is 12.1. The van der Waals surface area contributed by atoms with Gasteiger partial charge in [-0.1, -0.05) is 43.5 Å². The summed E-state index contributed by atoms with van der Waals surface area (Å²) < 4.78 is 82.4. The number of unbranched alkanes of at least 4 members (excludes halogenated alkanes) is 2. The number of carbonyl (C=O) groups is 1. The maximum absolute atomic E-state index is 13.0. The monoisotopic (exact) mass is 595 g/mol. The summed E-state index contributed by atoms with van der Waals surface area (Å²) in [5.41, 5.74) is -0.750. The lowest BCUT2D eigenvalue weighted by atomic mass is 10.1. The van der Waals surface area contributed by atoms with Gasteiger partial charge in [0.25, 0.3) is 0 Å². The second kappa shape index (κ2) is 14.9. The number of methoxy groups -OCH3 is 1. The number of benzene rings is 1. The molecule has 0 spiro atoms. The topological polar surface area (TPSA) is 127 Å². The highest BCUT2D eigenvalue weighted by atomic mass is 35.5. The highest BCUT2D eigenvalue weighted by molar-refractivity contribution is 7.87. The molecule has 1 amide bonds. The van der Waals surface area contributed by atoms with Crippen molar-refractivity contribution in [1.29, 1.82) is 0 Å². The molecule has 2 N–H and O–H groups in total.